The van der Waals surface area contributed by atoms with Crippen molar-refractivity contribution in [2.75, 3.05) is 46.2 Å². The summed E-state index contributed by atoms with van der Waals surface area (Å²) in [4.78, 5) is 28.8. The Kier molecular flexibility index (Phi) is 9.65. The van der Waals surface area contributed by atoms with Gasteiger partial charge in [-0.05, 0) is 91.5 Å². The second-order valence-corrected chi connectivity index (χ2v) is 10.5. The number of hydrogen-bond acceptors (Lipinski definition) is 7. The van der Waals surface area contributed by atoms with Crippen LogP contribution in [-0.4, -0.2) is 82.8 Å². The summed E-state index contributed by atoms with van der Waals surface area (Å²) in [6.07, 6.45) is 3.98. The fraction of sp³-hybridized carbons (Fsp3) is 0.464. The molecule has 0 radical (unpaired) electrons. The summed E-state index contributed by atoms with van der Waals surface area (Å²) in [5.74, 6) is 0.841. The Morgan fingerprint density at radius 3 is 2.62 bits per heavy atom. The second kappa shape index (κ2) is 13.3. The monoisotopic (exact) mass is 552 g/mol. The first-order valence-corrected chi connectivity index (χ1v) is 13.4. The molecule has 1 saturated carbocycles. The van der Waals surface area contributed by atoms with Crippen LogP contribution in [0.3, 0.4) is 0 Å². The zero-order valence-corrected chi connectivity index (χ0v) is 23.5. The Balaban J connectivity index is 1.23. The molecule has 214 valence electrons. The van der Waals surface area contributed by atoms with Gasteiger partial charge in [-0.25, -0.2) is 13.9 Å². The molecule has 0 bridgehead atoms. The third kappa shape index (κ3) is 8.22. The van der Waals surface area contributed by atoms with Gasteiger partial charge in [-0.1, -0.05) is 6.07 Å². The zero-order chi connectivity index (χ0) is 28.6. The number of rotatable bonds is 13. The number of ether oxygens (including phenoxy) is 1. The van der Waals surface area contributed by atoms with Crippen LogP contribution < -0.4 is 15.4 Å². The van der Waals surface area contributed by atoms with Crippen molar-refractivity contribution < 1.29 is 18.7 Å². The van der Waals surface area contributed by atoms with Gasteiger partial charge in [0.1, 0.15) is 0 Å². The van der Waals surface area contributed by atoms with Crippen LogP contribution in [0.4, 0.5) is 14.9 Å². The quantitative estimate of drug-likeness (QED) is 0.312. The Morgan fingerprint density at radius 2 is 1.93 bits per heavy atom. The molecule has 4 rings (SSSR count). The predicted molar refractivity (Wildman–Crippen MR) is 149 cm³/mol. The highest BCUT2D eigenvalue weighted by Gasteiger charge is 2.22. The van der Waals surface area contributed by atoms with E-state index in [2.05, 4.69) is 31.1 Å². The number of carbonyl (C=O) groups is 2. The van der Waals surface area contributed by atoms with E-state index in [0.717, 1.165) is 37.8 Å². The van der Waals surface area contributed by atoms with Crippen molar-refractivity contribution in [3.8, 4) is 17.1 Å². The first-order valence-electron chi connectivity index (χ1n) is 13.4. The van der Waals surface area contributed by atoms with Crippen molar-refractivity contribution in [3.05, 3.63) is 53.3 Å². The van der Waals surface area contributed by atoms with Gasteiger partial charge in [-0.2, -0.15) is 0 Å². The maximum absolute atomic E-state index is 14.1. The molecule has 1 heterocycles. The van der Waals surface area contributed by atoms with Gasteiger partial charge in [0.05, 0.1) is 6.61 Å². The van der Waals surface area contributed by atoms with Gasteiger partial charge in [0, 0.05) is 51.0 Å². The minimum absolute atomic E-state index is 0.202. The topological polar surface area (TPSA) is 118 Å². The lowest BCUT2D eigenvalue weighted by Gasteiger charge is -2.18. The summed E-state index contributed by atoms with van der Waals surface area (Å²) in [5, 5.41) is 17.2. The number of nitrogens with zero attached hydrogens (tertiary/aromatic N) is 6. The van der Waals surface area contributed by atoms with Crippen molar-refractivity contribution in [2.24, 2.45) is 13.0 Å². The van der Waals surface area contributed by atoms with E-state index in [9.17, 15) is 14.0 Å². The lowest BCUT2D eigenvalue weighted by Crippen LogP contribution is -2.30. The molecule has 1 aromatic heterocycles. The smallest absolute Gasteiger partial charge is 0.319 e. The molecular formula is C28H37FN8O3. The number of benzene rings is 2. The molecule has 1 aliphatic rings. The summed E-state index contributed by atoms with van der Waals surface area (Å²) in [6.45, 7) is 2.57. The van der Waals surface area contributed by atoms with Crippen LogP contribution in [-0.2, 0) is 13.6 Å². The fourth-order valence-electron chi connectivity index (χ4n) is 4.21. The largest absolute Gasteiger partial charge is 0.490 e. The number of aromatic nitrogens is 4. The molecule has 2 N–H and O–H groups in total. The summed E-state index contributed by atoms with van der Waals surface area (Å²) in [6, 6.07) is 9.72. The average molecular weight is 553 g/mol. The molecule has 3 amide bonds. The number of carbonyl (C=O) groups excluding carboxylic acids is 2. The van der Waals surface area contributed by atoms with E-state index in [1.807, 2.05) is 7.05 Å². The van der Waals surface area contributed by atoms with Gasteiger partial charge >= 0.3 is 6.03 Å². The Morgan fingerprint density at radius 1 is 1.12 bits per heavy atom. The first-order chi connectivity index (χ1) is 19.2. The van der Waals surface area contributed by atoms with Crippen LogP contribution in [0.2, 0.25) is 0 Å². The minimum Gasteiger partial charge on any atom is -0.490 e. The molecule has 40 heavy (non-hydrogen) atoms. The Bertz CT molecular complexity index is 1320. The fourth-order valence-corrected chi connectivity index (χ4v) is 4.21. The van der Waals surface area contributed by atoms with Gasteiger partial charge < -0.3 is 25.2 Å². The third-order valence-corrected chi connectivity index (χ3v) is 6.59. The molecule has 11 nitrogen and oxygen atoms in total. The molecule has 12 heteroatoms. The number of urea groups is 1. The van der Waals surface area contributed by atoms with Crippen LogP contribution in [0.15, 0.2) is 36.4 Å². The number of aryl methyl sites for hydroxylation is 1. The highest BCUT2D eigenvalue weighted by atomic mass is 19.1. The number of nitrogens with one attached hydrogen (secondary N) is 2. The highest BCUT2D eigenvalue weighted by Crippen LogP contribution is 2.30. The molecule has 3 aromatic rings. The minimum atomic E-state index is -0.366. The van der Waals surface area contributed by atoms with Gasteiger partial charge in [-0.15, -0.1) is 5.10 Å². The lowest BCUT2D eigenvalue weighted by molar-refractivity contribution is 0.0827. The normalized spacial score (nSPS) is 12.8. The van der Waals surface area contributed by atoms with E-state index < -0.39 is 0 Å². The zero-order valence-electron chi connectivity index (χ0n) is 23.5. The van der Waals surface area contributed by atoms with E-state index in [0.29, 0.717) is 54.0 Å². The van der Waals surface area contributed by atoms with Crippen LogP contribution in [0.25, 0.3) is 11.4 Å². The van der Waals surface area contributed by atoms with Crippen LogP contribution in [0.5, 0.6) is 5.75 Å². The van der Waals surface area contributed by atoms with E-state index in [-0.39, 0.29) is 17.8 Å². The average Bonchev–Trinajstić information content (AvgIpc) is 3.65. The van der Waals surface area contributed by atoms with Crippen LogP contribution in [0.1, 0.15) is 41.6 Å². The summed E-state index contributed by atoms with van der Waals surface area (Å²) in [5.41, 5.74) is 2.48. The maximum atomic E-state index is 14.1. The molecule has 1 fully saturated rings. The number of anilines is 1. The van der Waals surface area contributed by atoms with E-state index in [4.69, 9.17) is 4.74 Å². The number of amides is 3. The molecule has 0 unspecified atom stereocenters. The SMILES string of the molecule is CN(CCCCNC(=O)Nc1cc(C(=O)N(C)C)cc(-c2nnnn2C)c1)Cc1ccc(F)c(OCC2CC2)c1. The lowest BCUT2D eigenvalue weighted by atomic mass is 10.1. The third-order valence-electron chi connectivity index (χ3n) is 6.59. The molecule has 1 aliphatic carbocycles. The number of tetrazole rings is 1. The summed E-state index contributed by atoms with van der Waals surface area (Å²) < 4.78 is 21.2. The van der Waals surface area contributed by atoms with Gasteiger partial charge in [-0.3, -0.25) is 4.79 Å². The molecule has 2 aromatic carbocycles. The Labute approximate surface area is 233 Å². The predicted octanol–water partition coefficient (Wildman–Crippen LogP) is 3.54. The molecular weight excluding hydrogens is 515 g/mol. The Hall–Kier alpha value is -4.06. The van der Waals surface area contributed by atoms with E-state index >= 15 is 0 Å². The summed E-state index contributed by atoms with van der Waals surface area (Å²) in [7, 11) is 7.05. The number of unbranched alkanes of at least 4 members (excludes halogenated alkanes) is 1. The molecule has 0 saturated heterocycles. The van der Waals surface area contributed by atoms with Crippen molar-refractivity contribution in [2.45, 2.75) is 32.2 Å². The molecule has 0 atom stereocenters. The number of hydrogen-bond donors (Lipinski definition) is 2. The van der Waals surface area contributed by atoms with Crippen molar-refractivity contribution in [1.82, 2.24) is 35.3 Å². The standard InChI is InChI=1S/C28H37FN8O3/c1-35(2)27(38)22-14-21(26-32-33-34-37(26)4)15-23(16-22)31-28(39)30-11-5-6-12-36(3)17-20-9-10-24(29)25(13-20)40-18-19-7-8-19/h9-10,13-16,19H,5-8,11-12,17-18H2,1-4H3,(H2,30,31,39). The number of halogens is 1. The molecule has 0 spiro atoms. The van der Waals surface area contributed by atoms with Crippen LogP contribution in [0, 0.1) is 11.7 Å². The second-order valence-electron chi connectivity index (χ2n) is 10.5. The first kappa shape index (κ1) is 28.9. The van der Waals surface area contributed by atoms with E-state index in [1.165, 1.54) is 15.6 Å². The van der Waals surface area contributed by atoms with Crippen molar-refractivity contribution in [1.29, 1.82) is 0 Å². The van der Waals surface area contributed by atoms with Gasteiger partial charge in [0.15, 0.2) is 17.4 Å². The maximum Gasteiger partial charge on any atom is 0.319 e. The van der Waals surface area contributed by atoms with Crippen molar-refractivity contribution in [3.63, 3.8) is 0 Å². The molecule has 0 aliphatic heterocycles. The highest BCUT2D eigenvalue weighted by molar-refractivity contribution is 5.98. The van der Waals surface area contributed by atoms with Gasteiger partial charge in [0.25, 0.3) is 5.91 Å². The van der Waals surface area contributed by atoms with E-state index in [1.54, 1.807) is 51.5 Å². The summed E-state index contributed by atoms with van der Waals surface area (Å²) >= 11 is 0. The van der Waals surface area contributed by atoms with Gasteiger partial charge in [0.2, 0.25) is 0 Å². The van der Waals surface area contributed by atoms with Crippen molar-refractivity contribution >= 4 is 17.6 Å². The van der Waals surface area contributed by atoms with Crippen LogP contribution >= 0.6 is 0 Å².